The van der Waals surface area contributed by atoms with Gasteiger partial charge in [0.25, 0.3) is 5.91 Å². The molecule has 1 aromatic heterocycles. The number of halogens is 1. The maximum atomic E-state index is 13.1. The van der Waals surface area contributed by atoms with Gasteiger partial charge in [-0.05, 0) is 49.2 Å². The number of nitrogens with one attached hydrogen (secondary N) is 1. The van der Waals surface area contributed by atoms with Crippen LogP contribution >= 0.6 is 15.9 Å². The van der Waals surface area contributed by atoms with Crippen LogP contribution in [0.1, 0.15) is 51.1 Å². The summed E-state index contributed by atoms with van der Waals surface area (Å²) in [7, 11) is 0. The van der Waals surface area contributed by atoms with Crippen molar-refractivity contribution < 1.29 is 14.3 Å². The van der Waals surface area contributed by atoms with Crippen LogP contribution in [0.25, 0.3) is 10.9 Å². The molecule has 3 heterocycles. The Morgan fingerprint density at radius 3 is 2.70 bits per heavy atom. The Morgan fingerprint density at radius 1 is 1.17 bits per heavy atom. The van der Waals surface area contributed by atoms with E-state index >= 15 is 0 Å². The van der Waals surface area contributed by atoms with Gasteiger partial charge in [0.15, 0.2) is 5.78 Å². The second-order valence-corrected chi connectivity index (χ2v) is 9.26. The van der Waals surface area contributed by atoms with E-state index in [-0.39, 0.29) is 11.7 Å². The fraction of sp³-hybridized carbons (Fsp3) is 0.348. The number of ketones is 1. The fourth-order valence-corrected chi connectivity index (χ4v) is 4.90. The SMILES string of the molecule is Cc1cc2c(cc1Br)C(=O)CC1(CCN(C(=O)c3cc(C)c4[nH]ncc4c3)CC1)O2. The largest absolute Gasteiger partial charge is 0.486 e. The molecule has 1 fully saturated rings. The predicted molar refractivity (Wildman–Crippen MR) is 117 cm³/mol. The molecule has 1 saturated heterocycles. The molecule has 30 heavy (non-hydrogen) atoms. The maximum absolute atomic E-state index is 13.1. The highest BCUT2D eigenvalue weighted by molar-refractivity contribution is 9.10. The van der Waals surface area contributed by atoms with Gasteiger partial charge in [-0.3, -0.25) is 14.7 Å². The number of fused-ring (bicyclic) bond motifs is 2. The van der Waals surface area contributed by atoms with Crippen LogP contribution < -0.4 is 4.74 Å². The quantitative estimate of drug-likeness (QED) is 0.567. The first kappa shape index (κ1) is 19.3. The number of aromatic nitrogens is 2. The lowest BCUT2D eigenvalue weighted by Gasteiger charge is -2.44. The number of ether oxygens (including phenoxy) is 1. The third kappa shape index (κ3) is 3.12. The first-order valence-corrected chi connectivity index (χ1v) is 10.9. The van der Waals surface area contributed by atoms with Crippen molar-refractivity contribution in [2.75, 3.05) is 13.1 Å². The normalized spacial score (nSPS) is 17.8. The van der Waals surface area contributed by atoms with Gasteiger partial charge < -0.3 is 9.64 Å². The highest BCUT2D eigenvalue weighted by atomic mass is 79.9. The minimum absolute atomic E-state index is 0.0124. The molecule has 1 N–H and O–H groups in total. The number of carbonyl (C=O) groups excluding carboxylic acids is 2. The molecule has 1 spiro atoms. The summed E-state index contributed by atoms with van der Waals surface area (Å²) in [5.41, 5.74) is 3.78. The number of hydrogen-bond donors (Lipinski definition) is 1. The van der Waals surface area contributed by atoms with Gasteiger partial charge in [-0.25, -0.2) is 0 Å². The van der Waals surface area contributed by atoms with Gasteiger partial charge in [-0.15, -0.1) is 0 Å². The second-order valence-electron chi connectivity index (χ2n) is 8.40. The molecule has 3 aromatic rings. The molecule has 0 bridgehead atoms. The molecule has 6 nitrogen and oxygen atoms in total. The number of aromatic amines is 1. The van der Waals surface area contributed by atoms with E-state index in [1.165, 1.54) is 0 Å². The van der Waals surface area contributed by atoms with Crippen molar-refractivity contribution in [1.29, 1.82) is 0 Å². The Balaban J connectivity index is 1.35. The Bertz CT molecular complexity index is 1190. The Labute approximate surface area is 182 Å². The molecule has 5 rings (SSSR count). The van der Waals surface area contributed by atoms with Crippen LogP contribution in [0.4, 0.5) is 0 Å². The van der Waals surface area contributed by atoms with Gasteiger partial charge >= 0.3 is 0 Å². The first-order valence-electron chi connectivity index (χ1n) is 10.1. The Hall–Kier alpha value is -2.67. The smallest absolute Gasteiger partial charge is 0.253 e. The summed E-state index contributed by atoms with van der Waals surface area (Å²) < 4.78 is 7.29. The molecule has 1 amide bonds. The standard InChI is InChI=1S/C23H22BrN3O3/c1-13-8-20-17(10-18(13)24)19(28)11-23(30-20)3-5-27(6-4-23)22(29)15-7-14(2)21-16(9-15)12-25-26-21/h7-10,12H,3-6,11H2,1-2H3,(H,25,26). The van der Waals surface area contributed by atoms with E-state index < -0.39 is 5.60 Å². The van der Waals surface area contributed by atoms with Crippen molar-refractivity contribution in [1.82, 2.24) is 15.1 Å². The van der Waals surface area contributed by atoms with Crippen LogP contribution in [-0.2, 0) is 0 Å². The van der Waals surface area contributed by atoms with Gasteiger partial charge in [0.1, 0.15) is 11.4 Å². The number of H-pyrrole nitrogens is 1. The highest BCUT2D eigenvalue weighted by Gasteiger charge is 2.44. The van der Waals surface area contributed by atoms with Crippen LogP contribution in [0.15, 0.2) is 34.9 Å². The van der Waals surface area contributed by atoms with E-state index in [1.807, 2.05) is 43.0 Å². The number of benzene rings is 2. The van der Waals surface area contributed by atoms with Crippen molar-refractivity contribution in [3.8, 4) is 5.75 Å². The zero-order valence-electron chi connectivity index (χ0n) is 16.9. The summed E-state index contributed by atoms with van der Waals surface area (Å²) in [6.45, 7) is 5.10. The number of aryl methyl sites for hydroxylation is 2. The average Bonchev–Trinajstić information content (AvgIpc) is 3.19. The highest BCUT2D eigenvalue weighted by Crippen LogP contribution is 2.41. The maximum Gasteiger partial charge on any atom is 0.253 e. The molecule has 0 saturated carbocycles. The number of amides is 1. The summed E-state index contributed by atoms with van der Waals surface area (Å²) in [5.74, 6) is 0.781. The van der Waals surface area contributed by atoms with E-state index in [1.54, 1.807) is 6.20 Å². The van der Waals surface area contributed by atoms with Gasteiger partial charge in [-0.1, -0.05) is 15.9 Å². The molecule has 0 radical (unpaired) electrons. The van der Waals surface area contributed by atoms with Crippen molar-refractivity contribution in [3.05, 3.63) is 57.2 Å². The third-order valence-corrected chi connectivity index (χ3v) is 7.18. The molecular formula is C23H22BrN3O3. The minimum Gasteiger partial charge on any atom is -0.486 e. The van der Waals surface area contributed by atoms with Crippen molar-refractivity contribution in [2.24, 2.45) is 0 Å². The van der Waals surface area contributed by atoms with E-state index in [0.29, 0.717) is 49.2 Å². The summed E-state index contributed by atoms with van der Waals surface area (Å²) in [6, 6.07) is 7.58. The second kappa shape index (κ2) is 6.94. The zero-order valence-corrected chi connectivity index (χ0v) is 18.5. The van der Waals surface area contributed by atoms with Crippen LogP contribution in [0.5, 0.6) is 5.75 Å². The van der Waals surface area contributed by atoms with E-state index in [0.717, 1.165) is 26.5 Å². The number of likely N-dealkylation sites (tertiary alicyclic amines) is 1. The topological polar surface area (TPSA) is 75.3 Å². The molecule has 0 atom stereocenters. The molecule has 0 aliphatic carbocycles. The molecule has 2 aliphatic rings. The van der Waals surface area contributed by atoms with E-state index in [4.69, 9.17) is 4.74 Å². The molecule has 2 aromatic carbocycles. The molecule has 154 valence electrons. The minimum atomic E-state index is -0.522. The molecular weight excluding hydrogens is 446 g/mol. The average molecular weight is 468 g/mol. The third-order valence-electron chi connectivity index (χ3n) is 6.33. The number of piperidine rings is 1. The van der Waals surface area contributed by atoms with Gasteiger partial charge in [0.2, 0.25) is 0 Å². The summed E-state index contributed by atoms with van der Waals surface area (Å²) in [4.78, 5) is 27.8. The molecule has 2 aliphatic heterocycles. The van der Waals surface area contributed by atoms with Crippen LogP contribution in [0.3, 0.4) is 0 Å². The van der Waals surface area contributed by atoms with E-state index in [9.17, 15) is 9.59 Å². The fourth-order valence-electron chi connectivity index (χ4n) is 4.55. The summed E-state index contributed by atoms with van der Waals surface area (Å²) >= 11 is 3.49. The van der Waals surface area contributed by atoms with Crippen LogP contribution in [0.2, 0.25) is 0 Å². The number of Topliss-reactive ketones (excluding diaryl/α,β-unsaturated/α-hetero) is 1. The number of rotatable bonds is 1. The van der Waals surface area contributed by atoms with Crippen molar-refractivity contribution in [3.63, 3.8) is 0 Å². The Morgan fingerprint density at radius 2 is 1.93 bits per heavy atom. The molecule has 7 heteroatoms. The summed E-state index contributed by atoms with van der Waals surface area (Å²) in [6.07, 6.45) is 3.39. The number of nitrogens with zero attached hydrogens (tertiary/aromatic N) is 2. The number of carbonyl (C=O) groups is 2. The summed E-state index contributed by atoms with van der Waals surface area (Å²) in [5, 5.41) is 7.97. The van der Waals surface area contributed by atoms with Crippen molar-refractivity contribution >= 4 is 38.5 Å². The Kier molecular flexibility index (Phi) is 4.47. The predicted octanol–water partition coefficient (Wildman–Crippen LogP) is 4.58. The van der Waals surface area contributed by atoms with Gasteiger partial charge in [-0.2, -0.15) is 5.10 Å². The monoisotopic (exact) mass is 467 g/mol. The number of hydrogen-bond acceptors (Lipinski definition) is 4. The van der Waals surface area contributed by atoms with Crippen LogP contribution in [-0.4, -0.2) is 45.5 Å². The lowest BCUT2D eigenvalue weighted by molar-refractivity contribution is -0.00574. The lowest BCUT2D eigenvalue weighted by atomic mass is 9.82. The van der Waals surface area contributed by atoms with Gasteiger partial charge in [0.05, 0.1) is 23.7 Å². The lowest BCUT2D eigenvalue weighted by Crippen LogP contribution is -2.52. The van der Waals surface area contributed by atoms with Crippen LogP contribution in [0, 0.1) is 13.8 Å². The zero-order chi connectivity index (χ0) is 21.0. The first-order chi connectivity index (χ1) is 14.3. The van der Waals surface area contributed by atoms with Gasteiger partial charge in [0, 0.05) is 41.4 Å². The van der Waals surface area contributed by atoms with Crippen molar-refractivity contribution in [2.45, 2.75) is 38.7 Å². The van der Waals surface area contributed by atoms with E-state index in [2.05, 4.69) is 26.1 Å². The molecule has 0 unspecified atom stereocenters.